The number of carbonyl (C=O) groups excluding carboxylic acids is 1. The lowest BCUT2D eigenvalue weighted by Crippen LogP contribution is -2.43. The molecule has 1 unspecified atom stereocenters. The molecule has 0 aliphatic carbocycles. The number of aromatic amines is 1. The number of rotatable bonds is 3. The Labute approximate surface area is 151 Å². The van der Waals surface area contributed by atoms with Gasteiger partial charge in [0.1, 0.15) is 0 Å². The van der Waals surface area contributed by atoms with Crippen LogP contribution < -0.4 is 4.90 Å². The number of thioether (sulfide) groups is 1. The molecule has 3 aromatic rings. The highest BCUT2D eigenvalue weighted by Gasteiger charge is 2.27. The number of carbonyl (C=O) groups is 1. The van der Waals surface area contributed by atoms with Crippen LogP contribution >= 0.6 is 11.8 Å². The van der Waals surface area contributed by atoms with E-state index < -0.39 is 0 Å². The summed E-state index contributed by atoms with van der Waals surface area (Å²) in [5, 5.41) is 0.798. The summed E-state index contributed by atoms with van der Waals surface area (Å²) in [7, 11) is 0. The third-order valence-electron chi connectivity index (χ3n) is 4.74. The molecule has 0 saturated carbocycles. The van der Waals surface area contributed by atoms with Crippen LogP contribution in [0.4, 0.5) is 5.69 Å². The third-order valence-corrected chi connectivity index (χ3v) is 5.60. The van der Waals surface area contributed by atoms with Crippen molar-refractivity contribution >= 4 is 34.4 Å². The van der Waals surface area contributed by atoms with Gasteiger partial charge >= 0.3 is 0 Å². The molecular weight excluding hydrogens is 330 g/mol. The second-order valence-corrected chi connectivity index (χ2v) is 7.60. The number of H-pyrrole nitrogens is 1. The SMILES string of the molecule is Cc1ccc2nc(SCC(=O)N3c4ccccc4CCC3C)[nH]c2c1. The molecule has 0 spiro atoms. The third kappa shape index (κ3) is 3.16. The number of anilines is 1. The van der Waals surface area contributed by atoms with Crippen molar-refractivity contribution < 1.29 is 4.79 Å². The highest BCUT2D eigenvalue weighted by molar-refractivity contribution is 7.99. The van der Waals surface area contributed by atoms with E-state index in [0.717, 1.165) is 34.7 Å². The molecule has 2 heterocycles. The first kappa shape index (κ1) is 16.2. The lowest BCUT2D eigenvalue weighted by atomic mass is 9.97. The molecule has 0 saturated heterocycles. The fourth-order valence-corrected chi connectivity index (χ4v) is 4.18. The number of nitrogens with one attached hydrogen (secondary N) is 1. The maximum atomic E-state index is 12.9. The Balaban J connectivity index is 1.51. The minimum absolute atomic E-state index is 0.140. The molecule has 128 valence electrons. The predicted molar refractivity (Wildman–Crippen MR) is 103 cm³/mol. The minimum Gasteiger partial charge on any atom is -0.333 e. The fourth-order valence-electron chi connectivity index (χ4n) is 3.44. The topological polar surface area (TPSA) is 49.0 Å². The molecule has 0 bridgehead atoms. The van der Waals surface area contributed by atoms with Gasteiger partial charge in [0.2, 0.25) is 5.91 Å². The minimum atomic E-state index is 0.140. The van der Waals surface area contributed by atoms with E-state index in [1.165, 1.54) is 22.9 Å². The molecule has 0 radical (unpaired) electrons. The van der Waals surface area contributed by atoms with Crippen LogP contribution in [0.15, 0.2) is 47.6 Å². The van der Waals surface area contributed by atoms with Crippen LogP contribution in [0.3, 0.4) is 0 Å². The molecule has 2 aromatic carbocycles. The number of nitrogens with zero attached hydrogens (tertiary/aromatic N) is 2. The van der Waals surface area contributed by atoms with Crippen LogP contribution in [-0.2, 0) is 11.2 Å². The van der Waals surface area contributed by atoms with E-state index in [2.05, 4.69) is 48.1 Å². The van der Waals surface area contributed by atoms with Crippen molar-refractivity contribution in [2.45, 2.75) is 37.9 Å². The van der Waals surface area contributed by atoms with E-state index in [1.807, 2.05) is 23.1 Å². The van der Waals surface area contributed by atoms with E-state index >= 15 is 0 Å². The molecule has 1 aliphatic rings. The number of benzene rings is 2. The van der Waals surface area contributed by atoms with Gasteiger partial charge < -0.3 is 9.88 Å². The molecule has 4 nitrogen and oxygen atoms in total. The Bertz CT molecular complexity index is 934. The standard InChI is InChI=1S/C20H21N3OS/c1-13-7-10-16-17(11-13)22-20(21-16)25-12-19(24)23-14(2)8-9-15-5-3-4-6-18(15)23/h3-7,10-11,14H,8-9,12H2,1-2H3,(H,21,22). The van der Waals surface area contributed by atoms with E-state index in [-0.39, 0.29) is 11.9 Å². The highest BCUT2D eigenvalue weighted by atomic mass is 32.2. The Hall–Kier alpha value is -2.27. The Morgan fingerprint density at radius 1 is 1.32 bits per heavy atom. The van der Waals surface area contributed by atoms with E-state index in [9.17, 15) is 4.79 Å². The zero-order chi connectivity index (χ0) is 17.4. The molecular formula is C20H21N3OS. The first-order chi connectivity index (χ1) is 12.1. The molecule has 1 aliphatic heterocycles. The summed E-state index contributed by atoms with van der Waals surface area (Å²) in [4.78, 5) is 22.7. The number of para-hydroxylation sites is 1. The zero-order valence-electron chi connectivity index (χ0n) is 14.5. The van der Waals surface area contributed by atoms with Gasteiger partial charge in [-0.3, -0.25) is 4.79 Å². The lowest BCUT2D eigenvalue weighted by molar-refractivity contribution is -0.116. The maximum Gasteiger partial charge on any atom is 0.237 e. The largest absolute Gasteiger partial charge is 0.333 e. The lowest BCUT2D eigenvalue weighted by Gasteiger charge is -2.35. The van der Waals surface area contributed by atoms with Crippen LogP contribution in [-0.4, -0.2) is 27.7 Å². The molecule has 1 atom stereocenters. The molecule has 25 heavy (non-hydrogen) atoms. The summed E-state index contributed by atoms with van der Waals surface area (Å²) < 4.78 is 0. The quantitative estimate of drug-likeness (QED) is 0.715. The number of fused-ring (bicyclic) bond motifs is 2. The second kappa shape index (κ2) is 6.56. The number of aryl methyl sites for hydroxylation is 2. The van der Waals surface area contributed by atoms with Gasteiger partial charge in [-0.1, -0.05) is 36.0 Å². The summed E-state index contributed by atoms with van der Waals surface area (Å²) in [6.07, 6.45) is 2.05. The monoisotopic (exact) mass is 351 g/mol. The average Bonchev–Trinajstić information content (AvgIpc) is 3.01. The van der Waals surface area contributed by atoms with Crippen molar-refractivity contribution in [1.29, 1.82) is 0 Å². The molecule has 0 fully saturated rings. The van der Waals surface area contributed by atoms with Gasteiger partial charge in [-0.2, -0.15) is 0 Å². The van der Waals surface area contributed by atoms with Gasteiger partial charge in [-0.25, -0.2) is 4.98 Å². The zero-order valence-corrected chi connectivity index (χ0v) is 15.3. The van der Waals surface area contributed by atoms with Crippen molar-refractivity contribution in [3.63, 3.8) is 0 Å². The van der Waals surface area contributed by atoms with Gasteiger partial charge in [-0.15, -0.1) is 0 Å². The highest BCUT2D eigenvalue weighted by Crippen LogP contribution is 2.31. The van der Waals surface area contributed by atoms with E-state index in [1.54, 1.807) is 0 Å². The van der Waals surface area contributed by atoms with Crippen LogP contribution in [0.2, 0.25) is 0 Å². The maximum absolute atomic E-state index is 12.9. The smallest absolute Gasteiger partial charge is 0.237 e. The number of hydrogen-bond acceptors (Lipinski definition) is 3. The van der Waals surface area contributed by atoms with Crippen LogP contribution in [0.25, 0.3) is 11.0 Å². The van der Waals surface area contributed by atoms with Gasteiger partial charge in [0.05, 0.1) is 16.8 Å². The van der Waals surface area contributed by atoms with Gasteiger partial charge in [0.25, 0.3) is 0 Å². The number of hydrogen-bond donors (Lipinski definition) is 1. The van der Waals surface area contributed by atoms with Crippen molar-refractivity contribution in [3.05, 3.63) is 53.6 Å². The van der Waals surface area contributed by atoms with Crippen molar-refractivity contribution in [2.24, 2.45) is 0 Å². The Morgan fingerprint density at radius 2 is 2.16 bits per heavy atom. The summed E-state index contributed by atoms with van der Waals surface area (Å²) in [5.41, 5.74) is 5.48. The Morgan fingerprint density at radius 3 is 3.04 bits per heavy atom. The van der Waals surface area contributed by atoms with Crippen LogP contribution in [0.1, 0.15) is 24.5 Å². The summed E-state index contributed by atoms with van der Waals surface area (Å²) in [6, 6.07) is 14.6. The van der Waals surface area contributed by atoms with Crippen molar-refractivity contribution in [2.75, 3.05) is 10.7 Å². The Kier molecular flexibility index (Phi) is 4.25. The van der Waals surface area contributed by atoms with Gasteiger partial charge in [0, 0.05) is 11.7 Å². The van der Waals surface area contributed by atoms with Crippen molar-refractivity contribution in [3.8, 4) is 0 Å². The van der Waals surface area contributed by atoms with E-state index in [4.69, 9.17) is 0 Å². The van der Waals surface area contributed by atoms with Crippen LogP contribution in [0.5, 0.6) is 0 Å². The molecule has 4 rings (SSSR count). The van der Waals surface area contributed by atoms with Crippen molar-refractivity contribution in [1.82, 2.24) is 9.97 Å². The summed E-state index contributed by atoms with van der Waals surface area (Å²) in [6.45, 7) is 4.19. The van der Waals surface area contributed by atoms with Gasteiger partial charge in [-0.05, 0) is 56.0 Å². The molecule has 1 amide bonds. The first-order valence-corrected chi connectivity index (χ1v) is 9.59. The summed E-state index contributed by atoms with van der Waals surface area (Å²) in [5.74, 6) is 0.526. The fraction of sp³-hybridized carbons (Fsp3) is 0.300. The number of amides is 1. The summed E-state index contributed by atoms with van der Waals surface area (Å²) >= 11 is 1.47. The predicted octanol–water partition coefficient (Wildman–Crippen LogP) is 4.33. The normalized spacial score (nSPS) is 16.9. The number of imidazole rings is 1. The average molecular weight is 351 g/mol. The number of aromatic nitrogens is 2. The van der Waals surface area contributed by atoms with E-state index in [0.29, 0.717) is 5.75 Å². The van der Waals surface area contributed by atoms with Gasteiger partial charge in [0.15, 0.2) is 5.16 Å². The molecule has 5 heteroatoms. The molecule has 1 N–H and O–H groups in total. The first-order valence-electron chi connectivity index (χ1n) is 8.61. The second-order valence-electron chi connectivity index (χ2n) is 6.63. The molecule has 1 aromatic heterocycles. The van der Waals surface area contributed by atoms with Crippen LogP contribution in [0, 0.1) is 6.92 Å².